The van der Waals surface area contributed by atoms with E-state index in [4.69, 9.17) is 0 Å². The molecule has 3 aromatic rings. The topological polar surface area (TPSA) is 41.5 Å². The molecule has 1 N–H and O–H groups in total. The summed E-state index contributed by atoms with van der Waals surface area (Å²) < 4.78 is 13.6. The van der Waals surface area contributed by atoms with Crippen molar-refractivity contribution in [2.75, 3.05) is 5.32 Å². The van der Waals surface area contributed by atoms with Crippen molar-refractivity contribution < 1.29 is 9.18 Å². The second-order valence-electron chi connectivity index (χ2n) is 8.37. The van der Waals surface area contributed by atoms with Crippen molar-refractivity contribution in [1.82, 2.24) is 0 Å². The number of fused-ring (bicyclic) bond motifs is 1. The minimum Gasteiger partial charge on any atom is -0.320 e. The van der Waals surface area contributed by atoms with Crippen LogP contribution in [0.4, 0.5) is 15.8 Å². The molecule has 0 saturated heterocycles. The van der Waals surface area contributed by atoms with E-state index >= 15 is 0 Å². The fourth-order valence-corrected chi connectivity index (χ4v) is 4.07. The van der Waals surface area contributed by atoms with Gasteiger partial charge in [-0.05, 0) is 59.9 Å². The molecule has 164 valence electrons. The van der Waals surface area contributed by atoms with Crippen LogP contribution in [0.1, 0.15) is 56.6 Å². The van der Waals surface area contributed by atoms with Gasteiger partial charge in [-0.2, -0.15) is 0 Å². The molecule has 1 aliphatic heterocycles. The molecule has 1 aliphatic rings. The number of amides is 1. The molecule has 0 unspecified atom stereocenters. The third kappa shape index (κ3) is 5.31. The number of anilines is 1. The monoisotopic (exact) mass is 428 g/mol. The molecule has 1 heterocycles. The molecule has 0 atom stereocenters. The number of nitrogens with one attached hydrogen (secondary N) is 1. The third-order valence-electron chi connectivity index (χ3n) is 5.91. The lowest BCUT2D eigenvalue weighted by atomic mass is 10.0. The van der Waals surface area contributed by atoms with E-state index in [1.807, 2.05) is 24.3 Å². The lowest BCUT2D eigenvalue weighted by Crippen LogP contribution is -2.13. The lowest BCUT2D eigenvalue weighted by Gasteiger charge is -2.06. The zero-order valence-corrected chi connectivity index (χ0v) is 18.5. The van der Waals surface area contributed by atoms with Gasteiger partial charge >= 0.3 is 0 Å². The summed E-state index contributed by atoms with van der Waals surface area (Å²) >= 11 is 0. The predicted octanol–water partition coefficient (Wildman–Crippen LogP) is 7.47. The molecule has 0 bridgehead atoms. The summed E-state index contributed by atoms with van der Waals surface area (Å²) in [4.78, 5) is 16.7. The van der Waals surface area contributed by atoms with Crippen LogP contribution in [0, 0.1) is 5.82 Å². The first-order valence-corrected chi connectivity index (χ1v) is 11.5. The largest absolute Gasteiger partial charge is 0.320 e. The van der Waals surface area contributed by atoms with E-state index in [2.05, 4.69) is 41.5 Å². The first-order chi connectivity index (χ1) is 15.6. The molecule has 0 aromatic heterocycles. The molecule has 3 nitrogen and oxygen atoms in total. The summed E-state index contributed by atoms with van der Waals surface area (Å²) in [5.41, 5.74) is 5.63. The van der Waals surface area contributed by atoms with Crippen LogP contribution in [-0.4, -0.2) is 11.6 Å². The van der Waals surface area contributed by atoms with Crippen LogP contribution >= 0.6 is 0 Å². The van der Waals surface area contributed by atoms with Crippen molar-refractivity contribution in [2.45, 2.75) is 51.9 Å². The first-order valence-electron chi connectivity index (χ1n) is 11.5. The van der Waals surface area contributed by atoms with E-state index < -0.39 is 0 Å². The van der Waals surface area contributed by atoms with Crippen LogP contribution in [0.25, 0.3) is 11.1 Å². The summed E-state index contributed by atoms with van der Waals surface area (Å²) in [7, 11) is 0. The van der Waals surface area contributed by atoms with Crippen molar-refractivity contribution in [3.63, 3.8) is 0 Å². The third-order valence-corrected chi connectivity index (χ3v) is 5.91. The average molecular weight is 429 g/mol. The summed E-state index contributed by atoms with van der Waals surface area (Å²) in [5, 5.41) is 2.73. The summed E-state index contributed by atoms with van der Waals surface area (Å²) in [6.07, 6.45) is 9.01. The minimum atomic E-state index is -0.386. The normalized spacial score (nSPS) is 13.9. The molecule has 32 heavy (non-hydrogen) atoms. The summed E-state index contributed by atoms with van der Waals surface area (Å²) in [6, 6.07) is 20.8. The Morgan fingerprint density at radius 2 is 1.47 bits per heavy atom. The van der Waals surface area contributed by atoms with Crippen LogP contribution < -0.4 is 5.32 Å². The Kier molecular flexibility index (Phi) is 7.10. The Labute approximate surface area is 189 Å². The van der Waals surface area contributed by atoms with Gasteiger partial charge in [0.1, 0.15) is 11.5 Å². The Balaban J connectivity index is 1.40. The zero-order valence-electron chi connectivity index (χ0n) is 18.5. The van der Waals surface area contributed by atoms with Crippen molar-refractivity contribution in [3.8, 4) is 11.1 Å². The highest BCUT2D eigenvalue weighted by Crippen LogP contribution is 2.28. The van der Waals surface area contributed by atoms with E-state index in [1.165, 1.54) is 56.2 Å². The Hall–Kier alpha value is -3.27. The Morgan fingerprint density at radius 1 is 0.812 bits per heavy atom. The Bertz CT molecular complexity index is 1100. The van der Waals surface area contributed by atoms with Gasteiger partial charge in [0, 0.05) is 5.56 Å². The second kappa shape index (κ2) is 10.4. The SMILES string of the molecule is CCCCCCCCc1ccc(-c2ccc(N=C3C(=O)Nc4ccc(F)cc43)cc2)cc1. The maximum atomic E-state index is 13.6. The molecule has 3 aromatic carbocycles. The van der Waals surface area contributed by atoms with E-state index in [1.54, 1.807) is 6.07 Å². The van der Waals surface area contributed by atoms with Gasteiger partial charge in [0.15, 0.2) is 0 Å². The number of halogens is 1. The number of nitrogens with zero attached hydrogens (tertiary/aromatic N) is 1. The molecular formula is C28H29FN2O. The van der Waals surface area contributed by atoms with Gasteiger partial charge in [0.25, 0.3) is 5.91 Å². The number of carbonyl (C=O) groups is 1. The fourth-order valence-electron chi connectivity index (χ4n) is 4.07. The minimum absolute atomic E-state index is 0.242. The van der Waals surface area contributed by atoms with Gasteiger partial charge in [0.05, 0.1) is 11.4 Å². The highest BCUT2D eigenvalue weighted by molar-refractivity contribution is 6.54. The van der Waals surface area contributed by atoms with E-state index in [0.29, 0.717) is 16.9 Å². The average Bonchev–Trinajstić information content (AvgIpc) is 3.11. The number of unbranched alkanes of at least 4 members (excludes halogenated alkanes) is 5. The number of rotatable bonds is 9. The quantitative estimate of drug-likeness (QED) is 0.353. The summed E-state index contributed by atoms with van der Waals surface area (Å²) in [5.74, 6) is -0.695. The van der Waals surface area contributed by atoms with Gasteiger partial charge in [0.2, 0.25) is 0 Å². The van der Waals surface area contributed by atoms with E-state index in [0.717, 1.165) is 17.5 Å². The van der Waals surface area contributed by atoms with E-state index in [-0.39, 0.29) is 17.4 Å². The van der Waals surface area contributed by atoms with Gasteiger partial charge in [-0.3, -0.25) is 4.79 Å². The number of carbonyl (C=O) groups excluding carboxylic acids is 1. The highest BCUT2D eigenvalue weighted by atomic mass is 19.1. The highest BCUT2D eigenvalue weighted by Gasteiger charge is 2.26. The van der Waals surface area contributed by atoms with Crippen molar-refractivity contribution in [2.24, 2.45) is 4.99 Å². The molecular weight excluding hydrogens is 399 g/mol. The maximum absolute atomic E-state index is 13.6. The van der Waals surface area contributed by atoms with E-state index in [9.17, 15) is 9.18 Å². The van der Waals surface area contributed by atoms with Gasteiger partial charge in [-0.25, -0.2) is 9.38 Å². The van der Waals surface area contributed by atoms with Gasteiger partial charge < -0.3 is 5.32 Å². The van der Waals surface area contributed by atoms with Crippen molar-refractivity contribution in [1.29, 1.82) is 0 Å². The van der Waals surface area contributed by atoms with Gasteiger partial charge in [-0.1, -0.05) is 75.4 Å². The number of hydrogen-bond acceptors (Lipinski definition) is 2. The van der Waals surface area contributed by atoms with Gasteiger partial charge in [-0.15, -0.1) is 0 Å². The van der Waals surface area contributed by atoms with Crippen LogP contribution in [0.5, 0.6) is 0 Å². The van der Waals surface area contributed by atoms with Crippen LogP contribution in [0.2, 0.25) is 0 Å². The predicted molar refractivity (Wildman–Crippen MR) is 130 cm³/mol. The van der Waals surface area contributed by atoms with Crippen molar-refractivity contribution >= 4 is 23.0 Å². The standard InChI is InChI=1S/C28H29FN2O/c1-2-3-4-5-6-7-8-20-9-11-21(12-10-20)22-13-16-24(17-14-22)30-27-25-19-23(29)15-18-26(25)31-28(27)32/h9-19H,2-8H2,1H3,(H,30,31,32). The van der Waals surface area contributed by atoms with Crippen LogP contribution in [-0.2, 0) is 11.2 Å². The smallest absolute Gasteiger partial charge is 0.275 e. The van der Waals surface area contributed by atoms with Crippen LogP contribution in [0.3, 0.4) is 0 Å². The molecule has 1 amide bonds. The second-order valence-corrected chi connectivity index (χ2v) is 8.37. The zero-order chi connectivity index (χ0) is 22.3. The number of aliphatic imine (C=N–C) groups is 1. The molecule has 0 radical (unpaired) electrons. The van der Waals surface area contributed by atoms with Crippen LogP contribution in [0.15, 0.2) is 71.7 Å². The number of aryl methyl sites for hydroxylation is 1. The number of benzene rings is 3. The number of hydrogen-bond donors (Lipinski definition) is 1. The lowest BCUT2D eigenvalue weighted by molar-refractivity contribution is -0.110. The molecule has 0 saturated carbocycles. The molecule has 4 rings (SSSR count). The first kappa shape index (κ1) is 21.9. The van der Waals surface area contributed by atoms with Crippen molar-refractivity contribution in [3.05, 3.63) is 83.7 Å². The Morgan fingerprint density at radius 3 is 2.19 bits per heavy atom. The maximum Gasteiger partial charge on any atom is 0.275 e. The fraction of sp³-hybridized carbons (Fsp3) is 0.286. The molecule has 0 aliphatic carbocycles. The molecule has 0 fully saturated rings. The molecule has 0 spiro atoms. The molecule has 4 heteroatoms. The summed E-state index contributed by atoms with van der Waals surface area (Å²) in [6.45, 7) is 2.25.